The molecule has 42 heavy (non-hydrogen) atoms. The minimum absolute atomic E-state index is 0.175. The van der Waals surface area contributed by atoms with E-state index in [1.807, 2.05) is 0 Å². The van der Waals surface area contributed by atoms with Crippen LogP contribution in [0.5, 0.6) is 0 Å². The fraction of sp³-hybridized carbons (Fsp3) is 0.763. The maximum absolute atomic E-state index is 12.1. The van der Waals surface area contributed by atoms with Crippen molar-refractivity contribution < 1.29 is 19.4 Å². The summed E-state index contributed by atoms with van der Waals surface area (Å²) < 4.78 is 11.1. The highest BCUT2D eigenvalue weighted by Crippen LogP contribution is 2.12. The topological polar surface area (TPSA) is 55.8 Å². The van der Waals surface area contributed by atoms with Gasteiger partial charge in [0.2, 0.25) is 0 Å². The third kappa shape index (κ3) is 32.9. The van der Waals surface area contributed by atoms with Gasteiger partial charge in [-0.25, -0.2) is 0 Å². The van der Waals surface area contributed by atoms with Crippen LogP contribution in [-0.4, -0.2) is 37.0 Å². The fourth-order valence-corrected chi connectivity index (χ4v) is 4.79. The minimum Gasteiger partial charge on any atom is -0.457 e. The molecule has 1 atom stereocenters. The molecule has 0 amide bonds. The Morgan fingerprint density at radius 2 is 1.07 bits per heavy atom. The summed E-state index contributed by atoms with van der Waals surface area (Å²) in [5.74, 6) is -0.212. The van der Waals surface area contributed by atoms with E-state index in [0.29, 0.717) is 19.6 Å². The Morgan fingerprint density at radius 1 is 0.595 bits per heavy atom. The first-order valence-electron chi connectivity index (χ1n) is 17.7. The molecular weight excluding hydrogens is 520 g/mol. The molecule has 0 aliphatic heterocycles. The van der Waals surface area contributed by atoms with Gasteiger partial charge in [0.25, 0.3) is 0 Å². The Hall–Kier alpha value is -1.65. The Labute approximate surface area is 261 Å². The summed E-state index contributed by atoms with van der Waals surface area (Å²) in [6.45, 7) is 5.21. The van der Waals surface area contributed by atoms with Gasteiger partial charge >= 0.3 is 5.97 Å². The Kier molecular flexibility index (Phi) is 34.1. The van der Waals surface area contributed by atoms with Crippen molar-refractivity contribution in [3.8, 4) is 0 Å². The lowest BCUT2D eigenvalue weighted by atomic mass is 10.1. The average Bonchev–Trinajstić information content (AvgIpc) is 3.00. The van der Waals surface area contributed by atoms with E-state index in [2.05, 4.69) is 62.5 Å². The molecule has 0 aromatic carbocycles. The number of carbonyl (C=O) groups excluding carboxylic acids is 1. The van der Waals surface area contributed by atoms with Crippen LogP contribution < -0.4 is 0 Å². The van der Waals surface area contributed by atoms with Gasteiger partial charge in [0, 0.05) is 13.0 Å². The van der Waals surface area contributed by atoms with Gasteiger partial charge in [0.05, 0.1) is 13.2 Å². The molecule has 0 radical (unpaired) electrons. The summed E-state index contributed by atoms with van der Waals surface area (Å²) in [7, 11) is 0. The molecule has 0 aromatic heterocycles. The third-order valence-electron chi connectivity index (χ3n) is 7.42. The molecule has 0 aliphatic carbocycles. The third-order valence-corrected chi connectivity index (χ3v) is 7.42. The van der Waals surface area contributed by atoms with Gasteiger partial charge in [-0.2, -0.15) is 0 Å². The zero-order chi connectivity index (χ0) is 30.6. The van der Waals surface area contributed by atoms with Crippen molar-refractivity contribution in [3.05, 3.63) is 48.6 Å². The van der Waals surface area contributed by atoms with Crippen LogP contribution in [0.25, 0.3) is 0 Å². The zero-order valence-corrected chi connectivity index (χ0v) is 27.8. The van der Waals surface area contributed by atoms with E-state index in [-0.39, 0.29) is 12.6 Å². The van der Waals surface area contributed by atoms with Gasteiger partial charge < -0.3 is 14.6 Å². The molecule has 0 bridgehead atoms. The highest BCUT2D eigenvalue weighted by atomic mass is 16.6. The summed E-state index contributed by atoms with van der Waals surface area (Å²) in [4.78, 5) is 12.1. The summed E-state index contributed by atoms with van der Waals surface area (Å²) in [5, 5.41) is 9.52. The van der Waals surface area contributed by atoms with Crippen LogP contribution in [0.2, 0.25) is 0 Å². The average molecular weight is 589 g/mol. The fourth-order valence-electron chi connectivity index (χ4n) is 4.79. The van der Waals surface area contributed by atoms with Crippen molar-refractivity contribution in [3.63, 3.8) is 0 Å². The SMILES string of the molecule is CC/C=C\C/C=C\C/C=C\C/C=C\CCCCCCCCCCC(=O)OC(CO)COCCCCCCCCCCC. The van der Waals surface area contributed by atoms with Crippen LogP contribution in [0.1, 0.15) is 162 Å². The summed E-state index contributed by atoms with van der Waals surface area (Å²) in [6.07, 6.45) is 44.3. The molecular formula is C38H68O4. The predicted molar refractivity (Wildman–Crippen MR) is 182 cm³/mol. The number of unbranched alkanes of at least 4 members (excludes halogenated alkanes) is 16. The number of allylic oxidation sites excluding steroid dienone is 8. The highest BCUT2D eigenvalue weighted by Gasteiger charge is 2.13. The van der Waals surface area contributed by atoms with E-state index in [0.717, 1.165) is 44.9 Å². The number of rotatable bonds is 32. The molecule has 0 rings (SSSR count). The lowest BCUT2D eigenvalue weighted by Crippen LogP contribution is -2.27. The first kappa shape index (κ1) is 40.4. The Bertz CT molecular complexity index is 664. The van der Waals surface area contributed by atoms with Crippen molar-refractivity contribution in [2.45, 2.75) is 168 Å². The van der Waals surface area contributed by atoms with Crippen LogP contribution in [0.3, 0.4) is 0 Å². The van der Waals surface area contributed by atoms with E-state index in [4.69, 9.17) is 9.47 Å². The molecule has 244 valence electrons. The maximum Gasteiger partial charge on any atom is 0.306 e. The normalized spacial score (nSPS) is 12.9. The largest absolute Gasteiger partial charge is 0.457 e. The molecule has 0 saturated carbocycles. The van der Waals surface area contributed by atoms with Gasteiger partial charge in [-0.15, -0.1) is 0 Å². The quantitative estimate of drug-likeness (QED) is 0.0482. The second-order valence-corrected chi connectivity index (χ2v) is 11.6. The predicted octanol–water partition coefficient (Wildman–Crippen LogP) is 11.1. The molecule has 0 heterocycles. The van der Waals surface area contributed by atoms with Crippen molar-refractivity contribution in [2.75, 3.05) is 19.8 Å². The lowest BCUT2D eigenvalue weighted by Gasteiger charge is -2.16. The van der Waals surface area contributed by atoms with Crippen molar-refractivity contribution in [2.24, 2.45) is 0 Å². The van der Waals surface area contributed by atoms with Crippen LogP contribution in [0, 0.1) is 0 Å². The molecule has 0 aliphatic rings. The molecule has 1 unspecified atom stereocenters. The highest BCUT2D eigenvalue weighted by molar-refractivity contribution is 5.69. The van der Waals surface area contributed by atoms with Gasteiger partial charge in [-0.1, -0.05) is 152 Å². The smallest absolute Gasteiger partial charge is 0.306 e. The minimum atomic E-state index is -0.534. The van der Waals surface area contributed by atoms with Crippen LogP contribution in [0.15, 0.2) is 48.6 Å². The second kappa shape index (κ2) is 35.5. The second-order valence-electron chi connectivity index (χ2n) is 11.6. The van der Waals surface area contributed by atoms with E-state index in [9.17, 15) is 9.90 Å². The summed E-state index contributed by atoms with van der Waals surface area (Å²) in [6, 6.07) is 0. The number of esters is 1. The maximum atomic E-state index is 12.1. The molecule has 4 nitrogen and oxygen atoms in total. The number of aliphatic hydroxyl groups is 1. The Balaban J connectivity index is 3.48. The molecule has 0 spiro atoms. The number of aliphatic hydroxyl groups excluding tert-OH is 1. The molecule has 0 aromatic rings. The van der Waals surface area contributed by atoms with Gasteiger partial charge in [0.15, 0.2) is 0 Å². The number of ether oxygens (including phenoxy) is 2. The van der Waals surface area contributed by atoms with Gasteiger partial charge in [-0.3, -0.25) is 4.79 Å². The van der Waals surface area contributed by atoms with Crippen LogP contribution in [-0.2, 0) is 14.3 Å². The molecule has 4 heteroatoms. The van der Waals surface area contributed by atoms with Gasteiger partial charge in [0.1, 0.15) is 6.10 Å². The van der Waals surface area contributed by atoms with E-state index in [1.54, 1.807) is 0 Å². The summed E-state index contributed by atoms with van der Waals surface area (Å²) >= 11 is 0. The standard InChI is InChI=1S/C38H68O4/c1-3-5-7-9-11-13-14-15-16-17-18-19-20-21-22-23-24-25-27-29-31-33-38(40)42-37(35-39)36-41-34-32-30-28-26-12-10-8-6-4-2/h5,7,11,13,15-16,18-19,37,39H,3-4,6,8-10,12,14,17,20-36H2,1-2H3/b7-5-,13-11-,16-15-,19-18-. The van der Waals surface area contributed by atoms with E-state index < -0.39 is 6.10 Å². The number of carbonyl (C=O) groups is 1. The van der Waals surface area contributed by atoms with E-state index in [1.165, 1.54) is 96.3 Å². The molecule has 0 fully saturated rings. The monoisotopic (exact) mass is 589 g/mol. The number of hydrogen-bond donors (Lipinski definition) is 1. The van der Waals surface area contributed by atoms with E-state index >= 15 is 0 Å². The molecule has 1 N–H and O–H groups in total. The number of hydrogen-bond acceptors (Lipinski definition) is 4. The molecule has 0 saturated heterocycles. The van der Waals surface area contributed by atoms with Crippen molar-refractivity contribution >= 4 is 5.97 Å². The first-order chi connectivity index (χ1) is 20.7. The van der Waals surface area contributed by atoms with Crippen LogP contribution >= 0.6 is 0 Å². The first-order valence-corrected chi connectivity index (χ1v) is 17.7. The lowest BCUT2D eigenvalue weighted by molar-refractivity contribution is -0.154. The summed E-state index contributed by atoms with van der Waals surface area (Å²) in [5.41, 5.74) is 0. The van der Waals surface area contributed by atoms with Gasteiger partial charge in [-0.05, 0) is 51.4 Å². The van der Waals surface area contributed by atoms with Crippen molar-refractivity contribution in [1.82, 2.24) is 0 Å². The van der Waals surface area contributed by atoms with Crippen LogP contribution in [0.4, 0.5) is 0 Å². The Morgan fingerprint density at radius 3 is 1.62 bits per heavy atom. The zero-order valence-electron chi connectivity index (χ0n) is 27.8. The van der Waals surface area contributed by atoms with Crippen molar-refractivity contribution in [1.29, 1.82) is 0 Å².